The van der Waals surface area contributed by atoms with Crippen LogP contribution in [0.3, 0.4) is 0 Å². The number of aromatic amines is 1. The summed E-state index contributed by atoms with van der Waals surface area (Å²) >= 11 is 0. The van der Waals surface area contributed by atoms with Gasteiger partial charge in [0, 0.05) is 29.7 Å². The SMILES string of the molecule is Cc1noc(C)c1S(=O)(=O)NC(CNC(=O)c1ccc2c(CCCNC3NC=CCN3)[nH]nc2c1)C(=O)O. The largest absolute Gasteiger partial charge is 0.480 e. The van der Waals surface area contributed by atoms with E-state index in [1.54, 1.807) is 18.2 Å². The Morgan fingerprint density at radius 2 is 2.11 bits per heavy atom. The molecular weight excluding hydrogens is 516 g/mol. The third-order valence-corrected chi connectivity index (χ3v) is 7.68. The lowest BCUT2D eigenvalue weighted by molar-refractivity contribution is -0.138. The van der Waals surface area contributed by atoms with Crippen LogP contribution in [-0.4, -0.2) is 72.7 Å². The molecule has 14 nitrogen and oxygen atoms in total. The number of rotatable bonds is 12. The standard InChI is InChI=1S/C23H30N8O6S/c1-13-20(14(2)37-30-13)38(35,36)31-19(22(33)34)12-27-21(32)15-6-7-16-17(28-29-18(16)11-15)5-3-8-24-23-25-9-4-10-26-23/h4,6-7,9,11,19,23-26,31H,3,5,8,10,12H2,1-2H3,(H,27,32)(H,28,29)(H,33,34). The Morgan fingerprint density at radius 3 is 2.79 bits per heavy atom. The first kappa shape index (κ1) is 27.3. The Labute approximate surface area is 218 Å². The summed E-state index contributed by atoms with van der Waals surface area (Å²) in [5.74, 6) is -1.99. The molecule has 0 saturated carbocycles. The molecule has 2 unspecified atom stereocenters. The highest BCUT2D eigenvalue weighted by Gasteiger charge is 2.30. The first-order valence-electron chi connectivity index (χ1n) is 12.0. The van der Waals surface area contributed by atoms with Gasteiger partial charge in [-0.15, -0.1) is 0 Å². The molecule has 3 aromatic rings. The van der Waals surface area contributed by atoms with Crippen molar-refractivity contribution in [3.05, 3.63) is 53.2 Å². The first-order valence-corrected chi connectivity index (χ1v) is 13.4. The molecule has 1 amide bonds. The van der Waals surface area contributed by atoms with Gasteiger partial charge in [-0.3, -0.25) is 25.3 Å². The molecule has 2 aromatic heterocycles. The average molecular weight is 547 g/mol. The van der Waals surface area contributed by atoms with E-state index in [0.29, 0.717) is 5.52 Å². The number of carbonyl (C=O) groups excluding carboxylic acids is 1. The molecule has 1 aliphatic rings. The number of hydrogen-bond acceptors (Lipinski definition) is 10. The zero-order valence-corrected chi connectivity index (χ0v) is 21.7. The van der Waals surface area contributed by atoms with Gasteiger partial charge in [0.2, 0.25) is 10.0 Å². The van der Waals surface area contributed by atoms with Gasteiger partial charge >= 0.3 is 5.97 Å². The molecular formula is C23H30N8O6S. The van der Waals surface area contributed by atoms with Crippen LogP contribution in [0, 0.1) is 13.8 Å². The van der Waals surface area contributed by atoms with Crippen LogP contribution in [-0.2, 0) is 21.2 Å². The molecule has 0 radical (unpaired) electrons. The van der Waals surface area contributed by atoms with E-state index in [-0.39, 0.29) is 28.2 Å². The Balaban J connectivity index is 1.33. The van der Waals surface area contributed by atoms with E-state index in [9.17, 15) is 23.1 Å². The Morgan fingerprint density at radius 1 is 1.29 bits per heavy atom. The molecule has 38 heavy (non-hydrogen) atoms. The summed E-state index contributed by atoms with van der Waals surface area (Å²) in [5, 5.41) is 33.6. The number of aromatic nitrogens is 3. The number of carboxylic acid groups (broad SMARTS) is 1. The fourth-order valence-corrected chi connectivity index (χ4v) is 5.61. The number of H-pyrrole nitrogens is 1. The second-order valence-electron chi connectivity index (χ2n) is 8.78. The molecule has 204 valence electrons. The molecule has 1 aliphatic heterocycles. The summed E-state index contributed by atoms with van der Waals surface area (Å²) in [4.78, 5) is 24.2. The van der Waals surface area contributed by atoms with Gasteiger partial charge in [0.15, 0.2) is 5.76 Å². The predicted molar refractivity (Wildman–Crippen MR) is 137 cm³/mol. The van der Waals surface area contributed by atoms with Crippen LogP contribution in [0.5, 0.6) is 0 Å². The van der Waals surface area contributed by atoms with Crippen LogP contribution in [0.25, 0.3) is 10.9 Å². The number of nitrogens with zero attached hydrogens (tertiary/aromatic N) is 2. The summed E-state index contributed by atoms with van der Waals surface area (Å²) in [7, 11) is -4.24. The van der Waals surface area contributed by atoms with Gasteiger partial charge in [-0.25, -0.2) is 8.42 Å². The molecule has 0 bridgehead atoms. The van der Waals surface area contributed by atoms with Crippen molar-refractivity contribution in [3.8, 4) is 0 Å². The fourth-order valence-electron chi connectivity index (χ4n) is 4.09. The van der Waals surface area contributed by atoms with Gasteiger partial charge in [0.05, 0.1) is 5.52 Å². The molecule has 1 aromatic carbocycles. The van der Waals surface area contributed by atoms with Gasteiger partial charge in [0.25, 0.3) is 5.91 Å². The van der Waals surface area contributed by atoms with Crippen LogP contribution in [0.15, 0.2) is 39.9 Å². The average Bonchev–Trinajstić information content (AvgIpc) is 3.46. The Hall–Kier alpha value is -3.79. The van der Waals surface area contributed by atoms with Crippen molar-refractivity contribution in [3.63, 3.8) is 0 Å². The number of fused-ring (bicyclic) bond motifs is 1. The number of aliphatic carboxylic acids is 1. The maximum Gasteiger partial charge on any atom is 0.323 e. The monoisotopic (exact) mass is 546 g/mol. The first-order chi connectivity index (χ1) is 18.2. The summed E-state index contributed by atoms with van der Waals surface area (Å²) in [6, 6.07) is 3.37. The Bertz CT molecular complexity index is 1430. The van der Waals surface area contributed by atoms with Gasteiger partial charge in [-0.1, -0.05) is 17.3 Å². The maximum atomic E-state index is 12.7. The van der Waals surface area contributed by atoms with Crippen molar-refractivity contribution >= 4 is 32.8 Å². The van der Waals surface area contributed by atoms with E-state index in [1.165, 1.54) is 13.8 Å². The summed E-state index contributed by atoms with van der Waals surface area (Å²) in [6.45, 7) is 3.95. The number of hydrogen-bond donors (Lipinski definition) is 7. The molecule has 2 atom stereocenters. The number of aryl methyl sites for hydroxylation is 3. The lowest BCUT2D eigenvalue weighted by atomic mass is 10.1. The molecule has 3 heterocycles. The number of nitrogens with one attached hydrogen (secondary N) is 6. The van der Waals surface area contributed by atoms with E-state index in [1.807, 2.05) is 12.3 Å². The normalized spacial score (nSPS) is 16.3. The van der Waals surface area contributed by atoms with Crippen molar-refractivity contribution in [1.82, 2.24) is 41.3 Å². The highest BCUT2D eigenvalue weighted by atomic mass is 32.2. The summed E-state index contributed by atoms with van der Waals surface area (Å²) in [5.41, 5.74) is 1.90. The molecule has 0 saturated heterocycles. The third kappa shape index (κ3) is 6.36. The summed E-state index contributed by atoms with van der Waals surface area (Å²) < 4.78 is 32.3. The molecule has 4 rings (SSSR count). The lowest BCUT2D eigenvalue weighted by Crippen LogP contribution is -2.53. The van der Waals surface area contributed by atoms with E-state index in [0.717, 1.165) is 37.0 Å². The number of sulfonamides is 1. The minimum absolute atomic E-state index is 0.0294. The minimum Gasteiger partial charge on any atom is -0.480 e. The quantitative estimate of drug-likeness (QED) is 0.149. The Kier molecular flexibility index (Phi) is 8.41. The number of amides is 1. The molecule has 0 spiro atoms. The summed E-state index contributed by atoms with van der Waals surface area (Å²) in [6.07, 6.45) is 5.56. The second-order valence-corrected chi connectivity index (χ2v) is 10.4. The molecule has 0 fully saturated rings. The van der Waals surface area contributed by atoms with Crippen molar-refractivity contribution in [2.45, 2.75) is 43.9 Å². The van der Waals surface area contributed by atoms with Crippen molar-refractivity contribution < 1.29 is 27.6 Å². The second kappa shape index (κ2) is 11.7. The van der Waals surface area contributed by atoms with Crippen LogP contribution in [0.2, 0.25) is 0 Å². The maximum absolute atomic E-state index is 12.7. The van der Waals surface area contributed by atoms with Crippen LogP contribution >= 0.6 is 0 Å². The van der Waals surface area contributed by atoms with Crippen LogP contribution in [0.4, 0.5) is 0 Å². The van der Waals surface area contributed by atoms with E-state index >= 15 is 0 Å². The number of carboxylic acids is 1. The van der Waals surface area contributed by atoms with Crippen molar-refractivity contribution in [1.29, 1.82) is 0 Å². The highest BCUT2D eigenvalue weighted by molar-refractivity contribution is 7.89. The van der Waals surface area contributed by atoms with Gasteiger partial charge < -0.3 is 20.3 Å². The number of carbonyl (C=O) groups is 2. The van der Waals surface area contributed by atoms with Gasteiger partial charge in [0.1, 0.15) is 22.9 Å². The molecule has 15 heteroatoms. The van der Waals surface area contributed by atoms with Crippen LogP contribution < -0.4 is 26.0 Å². The zero-order valence-electron chi connectivity index (χ0n) is 20.9. The van der Waals surface area contributed by atoms with Crippen LogP contribution in [0.1, 0.15) is 33.9 Å². The smallest absolute Gasteiger partial charge is 0.323 e. The van der Waals surface area contributed by atoms with Gasteiger partial charge in [-0.05, 0) is 51.6 Å². The topological polar surface area (TPSA) is 203 Å². The predicted octanol–water partition coefficient (Wildman–Crippen LogP) is -0.158. The van der Waals surface area contributed by atoms with Gasteiger partial charge in [-0.2, -0.15) is 9.82 Å². The van der Waals surface area contributed by atoms with E-state index in [2.05, 4.69) is 41.3 Å². The third-order valence-electron chi connectivity index (χ3n) is 5.97. The lowest BCUT2D eigenvalue weighted by Gasteiger charge is -2.22. The molecule has 0 aliphatic carbocycles. The zero-order chi connectivity index (χ0) is 27.3. The highest BCUT2D eigenvalue weighted by Crippen LogP contribution is 2.20. The number of benzene rings is 1. The van der Waals surface area contributed by atoms with E-state index < -0.39 is 34.5 Å². The van der Waals surface area contributed by atoms with E-state index in [4.69, 9.17) is 4.52 Å². The minimum atomic E-state index is -4.24. The molecule has 7 N–H and O–H groups in total. The van der Waals surface area contributed by atoms with Crippen molar-refractivity contribution in [2.24, 2.45) is 0 Å². The van der Waals surface area contributed by atoms with Crippen molar-refractivity contribution in [2.75, 3.05) is 19.6 Å². The fraction of sp³-hybridized carbons (Fsp3) is 0.391.